The Hall–Kier alpha value is -3.77. The highest BCUT2D eigenvalue weighted by molar-refractivity contribution is 7.90. The van der Waals surface area contributed by atoms with Gasteiger partial charge in [0.25, 0.3) is 0 Å². The van der Waals surface area contributed by atoms with Gasteiger partial charge in [0.15, 0.2) is 9.84 Å². The summed E-state index contributed by atoms with van der Waals surface area (Å²) in [4.78, 5) is 17.8. The molecule has 0 spiro atoms. The summed E-state index contributed by atoms with van der Waals surface area (Å²) in [6.45, 7) is 2.74. The molecular weight excluding hydrogens is 424 g/mol. The van der Waals surface area contributed by atoms with Gasteiger partial charge in [-0.05, 0) is 24.3 Å². The molecule has 1 saturated heterocycles. The highest BCUT2D eigenvalue weighted by Crippen LogP contribution is 2.32. The van der Waals surface area contributed by atoms with E-state index in [-0.39, 0.29) is 4.90 Å². The van der Waals surface area contributed by atoms with E-state index in [0.29, 0.717) is 37.3 Å². The maximum atomic E-state index is 12.0. The van der Waals surface area contributed by atoms with Gasteiger partial charge < -0.3 is 9.80 Å². The lowest BCUT2D eigenvalue weighted by atomic mass is 10.1. The van der Waals surface area contributed by atoms with Gasteiger partial charge >= 0.3 is 0 Å². The first kappa shape index (κ1) is 20.2. The van der Waals surface area contributed by atoms with E-state index in [1.807, 2.05) is 24.3 Å². The van der Waals surface area contributed by atoms with Crippen LogP contribution in [0.5, 0.6) is 0 Å². The normalized spacial score (nSPS) is 14.6. The zero-order chi connectivity index (χ0) is 22.3. The molecule has 160 valence electrons. The van der Waals surface area contributed by atoms with Crippen molar-refractivity contribution in [3.63, 3.8) is 0 Å². The van der Waals surface area contributed by atoms with Crippen molar-refractivity contribution >= 4 is 43.1 Å². The molecule has 8 nitrogen and oxygen atoms in total. The Morgan fingerprint density at radius 1 is 0.906 bits per heavy atom. The van der Waals surface area contributed by atoms with Crippen LogP contribution < -0.4 is 9.80 Å². The van der Waals surface area contributed by atoms with Gasteiger partial charge in [-0.2, -0.15) is 5.26 Å². The van der Waals surface area contributed by atoms with Gasteiger partial charge in [-0.1, -0.05) is 18.2 Å². The minimum Gasteiger partial charge on any atom is -0.366 e. The first-order valence-electron chi connectivity index (χ1n) is 10.2. The lowest BCUT2D eigenvalue weighted by Crippen LogP contribution is -2.47. The predicted octanol–water partition coefficient (Wildman–Crippen LogP) is 2.78. The maximum absolute atomic E-state index is 12.0. The van der Waals surface area contributed by atoms with Crippen molar-refractivity contribution in [1.82, 2.24) is 15.0 Å². The summed E-state index contributed by atoms with van der Waals surface area (Å²) >= 11 is 0. The lowest BCUT2D eigenvalue weighted by molar-refractivity contribution is 0.602. The molecule has 5 rings (SSSR count). The van der Waals surface area contributed by atoms with Gasteiger partial charge in [0, 0.05) is 49.4 Å². The van der Waals surface area contributed by atoms with Crippen molar-refractivity contribution in [2.45, 2.75) is 4.90 Å². The molecule has 0 amide bonds. The van der Waals surface area contributed by atoms with Gasteiger partial charge in [0.1, 0.15) is 18.2 Å². The summed E-state index contributed by atoms with van der Waals surface area (Å²) in [5, 5.41) is 11.3. The molecule has 1 aliphatic rings. The Morgan fingerprint density at radius 2 is 1.62 bits per heavy atom. The van der Waals surface area contributed by atoms with Crippen LogP contribution >= 0.6 is 0 Å². The van der Waals surface area contributed by atoms with Gasteiger partial charge in [0.05, 0.1) is 27.2 Å². The molecule has 4 aromatic rings. The predicted molar refractivity (Wildman–Crippen MR) is 124 cm³/mol. The molecule has 1 aliphatic heterocycles. The molecule has 0 N–H and O–H groups in total. The Bertz CT molecular complexity index is 1490. The molecule has 2 aromatic heterocycles. The molecule has 0 aliphatic carbocycles. The number of aromatic nitrogens is 3. The largest absolute Gasteiger partial charge is 0.366 e. The van der Waals surface area contributed by atoms with E-state index in [4.69, 9.17) is 0 Å². The number of hydrogen-bond donors (Lipinski definition) is 0. The SMILES string of the molecule is CS(=O)(=O)c1ccc2ncnc(N3CCN(c4c(C#N)cnc5ccccc45)CC3)c2c1. The summed E-state index contributed by atoms with van der Waals surface area (Å²) in [6.07, 6.45) is 4.34. The first-order valence-corrected chi connectivity index (χ1v) is 12.1. The van der Waals surface area contributed by atoms with Crippen LogP contribution in [0, 0.1) is 11.3 Å². The number of nitrogens with zero attached hydrogens (tertiary/aromatic N) is 6. The molecule has 0 radical (unpaired) electrons. The van der Waals surface area contributed by atoms with E-state index in [1.54, 1.807) is 24.4 Å². The van der Waals surface area contributed by atoms with Crippen LogP contribution in [0.3, 0.4) is 0 Å². The molecule has 9 heteroatoms. The third kappa shape index (κ3) is 3.48. The standard InChI is InChI=1S/C23H20N6O2S/c1-32(30,31)17-6-7-21-19(12-17)23(27-15-26-21)29-10-8-28(9-11-29)22-16(13-24)14-25-20-5-3-2-4-18(20)22/h2-7,12,14-15H,8-11H2,1H3. The number of hydrogen-bond acceptors (Lipinski definition) is 8. The topological polar surface area (TPSA) is 103 Å². The highest BCUT2D eigenvalue weighted by Gasteiger charge is 2.24. The van der Waals surface area contributed by atoms with Crippen molar-refractivity contribution in [2.24, 2.45) is 0 Å². The van der Waals surface area contributed by atoms with Crippen molar-refractivity contribution in [1.29, 1.82) is 5.26 Å². The second-order valence-corrected chi connectivity index (χ2v) is 9.79. The first-order chi connectivity index (χ1) is 15.5. The minimum atomic E-state index is -3.33. The van der Waals surface area contributed by atoms with Gasteiger partial charge in [-0.15, -0.1) is 0 Å². The zero-order valence-corrected chi connectivity index (χ0v) is 18.2. The van der Waals surface area contributed by atoms with E-state index in [9.17, 15) is 13.7 Å². The van der Waals surface area contributed by atoms with E-state index >= 15 is 0 Å². The fourth-order valence-corrected chi connectivity index (χ4v) is 4.84. The number of sulfone groups is 1. The smallest absolute Gasteiger partial charge is 0.175 e. The Balaban J connectivity index is 1.48. The zero-order valence-electron chi connectivity index (χ0n) is 17.4. The number of para-hydroxylation sites is 1. The highest BCUT2D eigenvalue weighted by atomic mass is 32.2. The van der Waals surface area contributed by atoms with Crippen LogP contribution in [0.4, 0.5) is 11.5 Å². The summed E-state index contributed by atoms with van der Waals surface area (Å²) in [5.74, 6) is 0.722. The van der Waals surface area contributed by atoms with Crippen LogP contribution in [-0.4, -0.2) is 55.8 Å². The Kier molecular flexibility index (Phi) is 4.87. The second kappa shape index (κ2) is 7.73. The van der Waals surface area contributed by atoms with Crippen LogP contribution in [0.2, 0.25) is 0 Å². The van der Waals surface area contributed by atoms with E-state index in [0.717, 1.165) is 27.8 Å². The van der Waals surface area contributed by atoms with Crippen LogP contribution in [0.25, 0.3) is 21.8 Å². The van der Waals surface area contributed by atoms with Crippen LogP contribution in [-0.2, 0) is 9.84 Å². The molecule has 2 aromatic carbocycles. The number of fused-ring (bicyclic) bond motifs is 2. The fourth-order valence-electron chi connectivity index (χ4n) is 4.20. The second-order valence-electron chi connectivity index (χ2n) is 7.77. The van der Waals surface area contributed by atoms with Gasteiger partial charge in [-0.3, -0.25) is 4.98 Å². The number of rotatable bonds is 3. The molecule has 3 heterocycles. The van der Waals surface area contributed by atoms with Crippen molar-refractivity contribution in [3.05, 3.63) is 60.6 Å². The molecule has 0 saturated carbocycles. The Morgan fingerprint density at radius 3 is 2.38 bits per heavy atom. The van der Waals surface area contributed by atoms with Crippen molar-refractivity contribution in [2.75, 3.05) is 42.2 Å². The van der Waals surface area contributed by atoms with E-state index in [1.165, 1.54) is 12.6 Å². The summed E-state index contributed by atoms with van der Waals surface area (Å²) < 4.78 is 24.1. The third-order valence-corrected chi connectivity index (χ3v) is 6.89. The number of pyridine rings is 1. The number of anilines is 2. The molecule has 0 atom stereocenters. The number of piperazine rings is 1. The van der Waals surface area contributed by atoms with E-state index in [2.05, 4.69) is 30.8 Å². The number of nitriles is 1. The monoisotopic (exact) mass is 444 g/mol. The molecule has 0 unspecified atom stereocenters. The average molecular weight is 445 g/mol. The quantitative estimate of drug-likeness (QED) is 0.475. The maximum Gasteiger partial charge on any atom is 0.175 e. The van der Waals surface area contributed by atoms with Gasteiger partial charge in [-0.25, -0.2) is 18.4 Å². The van der Waals surface area contributed by atoms with Gasteiger partial charge in [0.2, 0.25) is 0 Å². The van der Waals surface area contributed by atoms with Crippen LogP contribution in [0.15, 0.2) is 59.9 Å². The van der Waals surface area contributed by atoms with Crippen molar-refractivity contribution in [3.8, 4) is 6.07 Å². The summed E-state index contributed by atoms with van der Waals surface area (Å²) in [7, 11) is -3.33. The summed E-state index contributed by atoms with van der Waals surface area (Å²) in [5.41, 5.74) is 3.03. The number of benzene rings is 2. The fraction of sp³-hybridized carbons (Fsp3) is 0.217. The molecule has 0 bridgehead atoms. The molecular formula is C23H20N6O2S. The summed E-state index contributed by atoms with van der Waals surface area (Å²) in [6, 6.07) is 15.1. The average Bonchev–Trinajstić information content (AvgIpc) is 2.82. The van der Waals surface area contributed by atoms with Crippen LogP contribution in [0.1, 0.15) is 5.56 Å². The third-order valence-electron chi connectivity index (χ3n) is 5.78. The Labute approximate surface area is 185 Å². The molecule has 1 fully saturated rings. The van der Waals surface area contributed by atoms with Crippen molar-refractivity contribution < 1.29 is 8.42 Å². The minimum absolute atomic E-state index is 0.251. The lowest BCUT2D eigenvalue weighted by Gasteiger charge is -2.37. The molecule has 32 heavy (non-hydrogen) atoms. The van der Waals surface area contributed by atoms with E-state index < -0.39 is 9.84 Å².